The van der Waals surface area contributed by atoms with Crippen molar-refractivity contribution in [1.29, 1.82) is 0 Å². The molecule has 13 heteroatoms. The minimum atomic E-state index is -4.98. The highest BCUT2D eigenvalue weighted by Gasteiger charge is 2.41. The summed E-state index contributed by atoms with van der Waals surface area (Å²) in [5.41, 5.74) is -2.86. The smallest absolute Gasteiger partial charge is 0.322 e. The van der Waals surface area contributed by atoms with Crippen molar-refractivity contribution in [3.8, 4) is 5.82 Å². The standard InChI is InChI=1S/C16H12F3N5O4S/c1-29(27,28)10-4-2-3-9(7-10)21-15(26)11-8-20-24(14(11)16(17,18)19)12-5-6-13(25)23-22-12/h2-8H,1H3,(H,21,26)(H,23,25). The zero-order valence-electron chi connectivity index (χ0n) is 14.6. The molecule has 152 valence electrons. The number of nitrogens with zero attached hydrogens (tertiary/aromatic N) is 3. The summed E-state index contributed by atoms with van der Waals surface area (Å²) in [7, 11) is -3.58. The molecule has 0 spiro atoms. The van der Waals surface area contributed by atoms with Crippen molar-refractivity contribution in [1.82, 2.24) is 20.0 Å². The van der Waals surface area contributed by atoms with Gasteiger partial charge in [0.25, 0.3) is 11.5 Å². The number of anilines is 1. The molecule has 3 rings (SSSR count). The van der Waals surface area contributed by atoms with Gasteiger partial charge in [0.2, 0.25) is 0 Å². The summed E-state index contributed by atoms with van der Waals surface area (Å²) in [6.45, 7) is 0. The van der Waals surface area contributed by atoms with Gasteiger partial charge in [-0.25, -0.2) is 18.2 Å². The quantitative estimate of drug-likeness (QED) is 0.652. The van der Waals surface area contributed by atoms with Crippen molar-refractivity contribution < 1.29 is 26.4 Å². The molecule has 1 amide bonds. The second-order valence-corrected chi connectivity index (χ2v) is 7.87. The number of halogens is 3. The van der Waals surface area contributed by atoms with E-state index in [2.05, 4.69) is 15.5 Å². The molecule has 3 aromatic rings. The Labute approximate surface area is 161 Å². The van der Waals surface area contributed by atoms with Crippen LogP contribution in [-0.4, -0.2) is 40.6 Å². The number of carbonyl (C=O) groups excluding carboxylic acids is 1. The predicted octanol–water partition coefficient (Wildman–Crippen LogP) is 1.63. The first-order valence-electron chi connectivity index (χ1n) is 7.79. The predicted molar refractivity (Wildman–Crippen MR) is 94.5 cm³/mol. The van der Waals surface area contributed by atoms with Crippen LogP contribution in [0, 0.1) is 0 Å². The summed E-state index contributed by atoms with van der Waals surface area (Å²) >= 11 is 0. The number of nitrogens with one attached hydrogen (secondary N) is 2. The average molecular weight is 427 g/mol. The van der Waals surface area contributed by atoms with Gasteiger partial charge in [-0.2, -0.15) is 23.4 Å². The molecule has 1 aromatic carbocycles. The van der Waals surface area contributed by atoms with Crippen molar-refractivity contribution in [2.45, 2.75) is 11.1 Å². The SMILES string of the molecule is CS(=O)(=O)c1cccc(NC(=O)c2cnn(-c3ccc(=O)[nH]n3)c2C(F)(F)F)c1. The van der Waals surface area contributed by atoms with Crippen LogP contribution in [-0.2, 0) is 16.0 Å². The van der Waals surface area contributed by atoms with E-state index in [1.54, 1.807) is 0 Å². The maximum absolute atomic E-state index is 13.6. The molecule has 2 heterocycles. The monoisotopic (exact) mass is 427 g/mol. The minimum Gasteiger partial charge on any atom is -0.322 e. The highest BCUT2D eigenvalue weighted by Crippen LogP contribution is 2.33. The summed E-state index contributed by atoms with van der Waals surface area (Å²) in [6, 6.07) is 7.04. The highest BCUT2D eigenvalue weighted by molar-refractivity contribution is 7.90. The first-order valence-corrected chi connectivity index (χ1v) is 9.69. The van der Waals surface area contributed by atoms with Gasteiger partial charge in [-0.15, -0.1) is 0 Å². The van der Waals surface area contributed by atoms with Crippen molar-refractivity contribution >= 4 is 21.4 Å². The lowest BCUT2D eigenvalue weighted by Gasteiger charge is -2.12. The van der Waals surface area contributed by atoms with Crippen LogP contribution in [0.25, 0.3) is 5.82 Å². The fraction of sp³-hybridized carbons (Fsp3) is 0.125. The van der Waals surface area contributed by atoms with Crippen molar-refractivity contribution in [2.75, 3.05) is 11.6 Å². The number of sulfone groups is 1. The summed E-state index contributed by atoms with van der Waals surface area (Å²) < 4.78 is 64.4. The van der Waals surface area contributed by atoms with E-state index >= 15 is 0 Å². The van der Waals surface area contributed by atoms with Crippen LogP contribution in [0.5, 0.6) is 0 Å². The van der Waals surface area contributed by atoms with Gasteiger partial charge in [-0.1, -0.05) is 6.07 Å². The Morgan fingerprint density at radius 1 is 1.21 bits per heavy atom. The van der Waals surface area contributed by atoms with Crippen LogP contribution in [0.2, 0.25) is 0 Å². The topological polar surface area (TPSA) is 127 Å². The molecular weight excluding hydrogens is 415 g/mol. The lowest BCUT2D eigenvalue weighted by Crippen LogP contribution is -2.22. The van der Waals surface area contributed by atoms with E-state index < -0.39 is 38.7 Å². The third-order valence-corrected chi connectivity index (χ3v) is 4.79. The molecule has 0 aliphatic heterocycles. The Hall–Kier alpha value is -3.48. The van der Waals surface area contributed by atoms with Gasteiger partial charge >= 0.3 is 6.18 Å². The van der Waals surface area contributed by atoms with Crippen LogP contribution in [0.3, 0.4) is 0 Å². The lowest BCUT2D eigenvalue weighted by atomic mass is 10.2. The molecule has 0 bridgehead atoms. The normalized spacial score (nSPS) is 12.0. The molecule has 0 saturated carbocycles. The minimum absolute atomic E-state index is 0.0130. The molecule has 0 radical (unpaired) electrons. The first kappa shape index (κ1) is 20.3. The first-order chi connectivity index (χ1) is 13.5. The molecule has 0 atom stereocenters. The molecule has 0 aliphatic rings. The van der Waals surface area contributed by atoms with Crippen LogP contribution >= 0.6 is 0 Å². The van der Waals surface area contributed by atoms with Crippen LogP contribution < -0.4 is 10.9 Å². The molecule has 0 fully saturated rings. The molecule has 2 N–H and O–H groups in total. The Kier molecular flexibility index (Phi) is 5.00. The molecule has 0 unspecified atom stereocenters. The number of rotatable bonds is 4. The van der Waals surface area contributed by atoms with E-state index in [1.807, 2.05) is 5.10 Å². The number of amides is 1. The molecule has 9 nitrogen and oxygen atoms in total. The Morgan fingerprint density at radius 3 is 2.52 bits per heavy atom. The molecule has 2 aromatic heterocycles. The zero-order valence-corrected chi connectivity index (χ0v) is 15.4. The molecule has 0 saturated heterocycles. The van der Waals surface area contributed by atoms with Gasteiger partial charge in [0.15, 0.2) is 21.3 Å². The van der Waals surface area contributed by atoms with Crippen LogP contribution in [0.4, 0.5) is 18.9 Å². The number of hydrogen-bond acceptors (Lipinski definition) is 6. The summed E-state index contributed by atoms with van der Waals surface area (Å²) in [5.74, 6) is -1.51. The number of aromatic nitrogens is 4. The van der Waals surface area contributed by atoms with Gasteiger partial charge in [0, 0.05) is 18.0 Å². The fourth-order valence-corrected chi connectivity index (χ4v) is 3.09. The van der Waals surface area contributed by atoms with E-state index in [0.29, 0.717) is 10.9 Å². The number of benzene rings is 1. The van der Waals surface area contributed by atoms with E-state index in [4.69, 9.17) is 0 Å². The van der Waals surface area contributed by atoms with Crippen molar-refractivity contribution in [2.24, 2.45) is 0 Å². The Bertz CT molecular complexity index is 1230. The maximum atomic E-state index is 13.6. The van der Waals surface area contributed by atoms with Crippen LogP contribution in [0.15, 0.2) is 52.3 Å². The molecular formula is C16H12F3N5O4S. The third-order valence-electron chi connectivity index (χ3n) is 3.68. The van der Waals surface area contributed by atoms with E-state index in [1.165, 1.54) is 18.2 Å². The van der Waals surface area contributed by atoms with Gasteiger partial charge < -0.3 is 5.32 Å². The zero-order chi connectivity index (χ0) is 21.4. The van der Waals surface area contributed by atoms with Gasteiger partial charge in [-0.05, 0) is 24.3 Å². The van der Waals surface area contributed by atoms with Gasteiger partial charge in [-0.3, -0.25) is 9.59 Å². The van der Waals surface area contributed by atoms with E-state index in [0.717, 1.165) is 24.5 Å². The fourth-order valence-electron chi connectivity index (χ4n) is 2.42. The number of alkyl halides is 3. The van der Waals surface area contributed by atoms with Crippen molar-refractivity contribution in [3.63, 3.8) is 0 Å². The summed E-state index contributed by atoms with van der Waals surface area (Å²) in [6.07, 6.45) is -3.32. The Balaban J connectivity index is 2.02. The van der Waals surface area contributed by atoms with E-state index in [9.17, 15) is 31.2 Å². The number of hydrogen-bond donors (Lipinski definition) is 2. The molecule has 29 heavy (non-hydrogen) atoms. The maximum Gasteiger partial charge on any atom is 0.434 e. The lowest BCUT2D eigenvalue weighted by molar-refractivity contribution is -0.143. The Morgan fingerprint density at radius 2 is 1.93 bits per heavy atom. The third kappa shape index (κ3) is 4.34. The van der Waals surface area contributed by atoms with Crippen molar-refractivity contribution in [3.05, 3.63) is 64.2 Å². The van der Waals surface area contributed by atoms with Gasteiger partial charge in [0.05, 0.1) is 16.7 Å². The largest absolute Gasteiger partial charge is 0.434 e. The number of H-pyrrole nitrogens is 1. The highest BCUT2D eigenvalue weighted by atomic mass is 32.2. The molecule has 0 aliphatic carbocycles. The second kappa shape index (κ2) is 7.16. The van der Waals surface area contributed by atoms with Crippen LogP contribution in [0.1, 0.15) is 16.1 Å². The number of aromatic amines is 1. The average Bonchev–Trinajstić information content (AvgIpc) is 3.07. The summed E-state index contributed by atoms with van der Waals surface area (Å²) in [4.78, 5) is 23.4. The summed E-state index contributed by atoms with van der Waals surface area (Å²) in [5, 5.41) is 11.2. The van der Waals surface area contributed by atoms with Gasteiger partial charge in [0.1, 0.15) is 0 Å². The number of carbonyl (C=O) groups is 1. The second-order valence-electron chi connectivity index (χ2n) is 5.85. The van der Waals surface area contributed by atoms with E-state index in [-0.39, 0.29) is 16.4 Å².